The number of rotatable bonds is 4. The standard InChI is InChI=1S/C12H15NO4S/c14-12(15)8-13-7-9-3-4-11-10(6-9)2-1-5-18(11,16)17/h3-4,6,13H,1-2,5,7-8H2,(H,14,15). The van der Waals surface area contributed by atoms with Crippen LogP contribution in [-0.2, 0) is 27.6 Å². The first kappa shape index (κ1) is 13.0. The Hall–Kier alpha value is -1.40. The largest absolute Gasteiger partial charge is 0.480 e. The first-order valence-electron chi connectivity index (χ1n) is 5.76. The Morgan fingerprint density at radius 3 is 2.89 bits per heavy atom. The maximum atomic E-state index is 11.8. The Kier molecular flexibility index (Phi) is 3.68. The fraction of sp³-hybridized carbons (Fsp3) is 0.417. The molecule has 0 radical (unpaired) electrons. The second-order valence-electron chi connectivity index (χ2n) is 4.36. The second kappa shape index (κ2) is 5.07. The highest BCUT2D eigenvalue weighted by Gasteiger charge is 2.23. The molecular weight excluding hydrogens is 254 g/mol. The van der Waals surface area contributed by atoms with Gasteiger partial charge in [-0.2, -0.15) is 0 Å². The third-order valence-electron chi connectivity index (χ3n) is 2.92. The topological polar surface area (TPSA) is 83.5 Å². The van der Waals surface area contributed by atoms with E-state index in [9.17, 15) is 13.2 Å². The van der Waals surface area contributed by atoms with E-state index in [1.54, 1.807) is 12.1 Å². The summed E-state index contributed by atoms with van der Waals surface area (Å²) in [6.07, 6.45) is 1.42. The number of sulfone groups is 1. The molecule has 0 bridgehead atoms. The molecule has 1 aromatic carbocycles. The van der Waals surface area contributed by atoms with Crippen LogP contribution in [0, 0.1) is 0 Å². The van der Waals surface area contributed by atoms with Crippen molar-refractivity contribution in [1.29, 1.82) is 0 Å². The smallest absolute Gasteiger partial charge is 0.317 e. The normalized spacial score (nSPS) is 17.1. The third kappa shape index (κ3) is 2.88. The molecule has 5 nitrogen and oxygen atoms in total. The van der Waals surface area contributed by atoms with Gasteiger partial charge in [0, 0.05) is 6.54 Å². The number of nitrogens with one attached hydrogen (secondary N) is 1. The van der Waals surface area contributed by atoms with Crippen molar-refractivity contribution in [2.75, 3.05) is 12.3 Å². The molecule has 0 aliphatic carbocycles. The van der Waals surface area contributed by atoms with E-state index in [4.69, 9.17) is 5.11 Å². The van der Waals surface area contributed by atoms with Gasteiger partial charge in [-0.15, -0.1) is 0 Å². The van der Waals surface area contributed by atoms with Gasteiger partial charge < -0.3 is 10.4 Å². The van der Waals surface area contributed by atoms with Gasteiger partial charge in [-0.05, 0) is 30.0 Å². The third-order valence-corrected chi connectivity index (χ3v) is 4.82. The number of carbonyl (C=O) groups is 1. The number of aryl methyl sites for hydroxylation is 1. The molecule has 0 saturated carbocycles. The monoisotopic (exact) mass is 269 g/mol. The van der Waals surface area contributed by atoms with Gasteiger partial charge in [0.25, 0.3) is 0 Å². The van der Waals surface area contributed by atoms with Gasteiger partial charge in [-0.25, -0.2) is 8.42 Å². The van der Waals surface area contributed by atoms with Crippen LogP contribution in [0.3, 0.4) is 0 Å². The predicted octanol–water partition coefficient (Wildman–Crippen LogP) is 0.581. The second-order valence-corrected chi connectivity index (χ2v) is 6.44. The van der Waals surface area contributed by atoms with Crippen LogP contribution in [0.15, 0.2) is 23.1 Å². The molecule has 0 saturated heterocycles. The number of aliphatic carboxylic acids is 1. The van der Waals surface area contributed by atoms with Crippen molar-refractivity contribution in [3.63, 3.8) is 0 Å². The maximum Gasteiger partial charge on any atom is 0.317 e. The van der Waals surface area contributed by atoms with Crippen molar-refractivity contribution in [3.05, 3.63) is 29.3 Å². The van der Waals surface area contributed by atoms with E-state index < -0.39 is 15.8 Å². The predicted molar refractivity (Wildman–Crippen MR) is 66.2 cm³/mol. The van der Waals surface area contributed by atoms with E-state index in [0.717, 1.165) is 17.5 Å². The number of hydrogen-bond donors (Lipinski definition) is 2. The van der Waals surface area contributed by atoms with Crippen molar-refractivity contribution < 1.29 is 18.3 Å². The Labute approximate surface area is 106 Å². The summed E-state index contributed by atoms with van der Waals surface area (Å²) in [5.41, 5.74) is 1.75. The lowest BCUT2D eigenvalue weighted by Gasteiger charge is -2.17. The van der Waals surface area contributed by atoms with Crippen LogP contribution in [0.2, 0.25) is 0 Å². The van der Waals surface area contributed by atoms with Gasteiger partial charge in [-0.1, -0.05) is 12.1 Å². The van der Waals surface area contributed by atoms with Crippen molar-refractivity contribution >= 4 is 15.8 Å². The lowest BCUT2D eigenvalue weighted by Crippen LogP contribution is -2.22. The lowest BCUT2D eigenvalue weighted by atomic mass is 10.1. The summed E-state index contributed by atoms with van der Waals surface area (Å²) >= 11 is 0. The summed E-state index contributed by atoms with van der Waals surface area (Å²) in [7, 11) is -3.11. The van der Waals surface area contributed by atoms with Gasteiger partial charge in [0.2, 0.25) is 0 Å². The van der Waals surface area contributed by atoms with Crippen molar-refractivity contribution in [1.82, 2.24) is 5.32 Å². The molecule has 1 aliphatic heterocycles. The van der Waals surface area contributed by atoms with E-state index in [1.807, 2.05) is 6.07 Å². The van der Waals surface area contributed by atoms with Gasteiger partial charge in [0.05, 0.1) is 17.2 Å². The van der Waals surface area contributed by atoms with Crippen LogP contribution < -0.4 is 5.32 Å². The zero-order chi connectivity index (χ0) is 13.2. The molecule has 1 heterocycles. The lowest BCUT2D eigenvalue weighted by molar-refractivity contribution is -0.135. The minimum Gasteiger partial charge on any atom is -0.480 e. The minimum absolute atomic E-state index is 0.102. The summed E-state index contributed by atoms with van der Waals surface area (Å²) in [5.74, 6) is -0.688. The molecule has 0 atom stereocenters. The number of hydrogen-bond acceptors (Lipinski definition) is 4. The van der Waals surface area contributed by atoms with E-state index in [-0.39, 0.29) is 12.3 Å². The molecule has 6 heteroatoms. The molecule has 0 amide bonds. The summed E-state index contributed by atoms with van der Waals surface area (Å²) in [4.78, 5) is 10.8. The summed E-state index contributed by atoms with van der Waals surface area (Å²) < 4.78 is 23.6. The first-order valence-corrected chi connectivity index (χ1v) is 7.41. The SMILES string of the molecule is O=C(O)CNCc1ccc2c(c1)CCCS2(=O)=O. The molecular formula is C12H15NO4S. The van der Waals surface area contributed by atoms with Gasteiger partial charge in [0.1, 0.15) is 0 Å². The fourth-order valence-electron chi connectivity index (χ4n) is 2.12. The molecule has 0 unspecified atom stereocenters. The number of fused-ring (bicyclic) bond motifs is 1. The number of carboxylic acids is 1. The van der Waals surface area contributed by atoms with E-state index in [2.05, 4.69) is 5.32 Å². The van der Waals surface area contributed by atoms with Crippen molar-refractivity contribution in [2.24, 2.45) is 0 Å². The highest BCUT2D eigenvalue weighted by molar-refractivity contribution is 7.91. The zero-order valence-corrected chi connectivity index (χ0v) is 10.7. The van der Waals surface area contributed by atoms with E-state index in [0.29, 0.717) is 17.9 Å². The molecule has 0 aromatic heterocycles. The maximum absolute atomic E-state index is 11.8. The summed E-state index contributed by atoms with van der Waals surface area (Å²) in [5, 5.41) is 11.3. The molecule has 2 rings (SSSR count). The zero-order valence-electron chi connectivity index (χ0n) is 9.85. The first-order chi connectivity index (χ1) is 8.49. The van der Waals surface area contributed by atoms with Crippen LogP contribution in [0.1, 0.15) is 17.5 Å². The minimum atomic E-state index is -3.11. The quantitative estimate of drug-likeness (QED) is 0.835. The van der Waals surface area contributed by atoms with Gasteiger partial charge >= 0.3 is 5.97 Å². The van der Waals surface area contributed by atoms with E-state index >= 15 is 0 Å². The highest BCUT2D eigenvalue weighted by atomic mass is 32.2. The molecule has 2 N–H and O–H groups in total. The van der Waals surface area contributed by atoms with Gasteiger partial charge in [0.15, 0.2) is 9.84 Å². The van der Waals surface area contributed by atoms with Crippen LogP contribution in [-0.4, -0.2) is 31.8 Å². The van der Waals surface area contributed by atoms with E-state index in [1.165, 1.54) is 0 Å². The number of benzene rings is 1. The molecule has 0 fully saturated rings. The van der Waals surface area contributed by atoms with Crippen molar-refractivity contribution in [3.8, 4) is 0 Å². The van der Waals surface area contributed by atoms with Crippen LogP contribution in [0.4, 0.5) is 0 Å². The summed E-state index contributed by atoms with van der Waals surface area (Å²) in [6.45, 7) is 0.328. The Bertz CT molecular complexity index is 565. The molecule has 18 heavy (non-hydrogen) atoms. The van der Waals surface area contributed by atoms with Crippen LogP contribution >= 0.6 is 0 Å². The van der Waals surface area contributed by atoms with Gasteiger partial charge in [-0.3, -0.25) is 4.79 Å². The molecule has 1 aromatic rings. The molecule has 0 spiro atoms. The Balaban J connectivity index is 2.15. The van der Waals surface area contributed by atoms with Crippen LogP contribution in [0.25, 0.3) is 0 Å². The number of carboxylic acid groups (broad SMARTS) is 1. The summed E-state index contributed by atoms with van der Waals surface area (Å²) in [6, 6.07) is 5.21. The fourth-order valence-corrected chi connectivity index (χ4v) is 3.70. The Morgan fingerprint density at radius 2 is 2.17 bits per heavy atom. The highest BCUT2D eigenvalue weighted by Crippen LogP contribution is 2.25. The van der Waals surface area contributed by atoms with Crippen molar-refractivity contribution in [2.45, 2.75) is 24.3 Å². The van der Waals surface area contributed by atoms with Crippen LogP contribution in [0.5, 0.6) is 0 Å². The Morgan fingerprint density at radius 1 is 1.39 bits per heavy atom. The average Bonchev–Trinajstić information content (AvgIpc) is 2.27. The molecule has 98 valence electrons. The molecule has 1 aliphatic rings. The average molecular weight is 269 g/mol.